The number of nitrogens with zero attached hydrogens (tertiary/aromatic N) is 2. The van der Waals surface area contributed by atoms with Crippen LogP contribution in [0.5, 0.6) is 0 Å². The first kappa shape index (κ1) is 20.0. The average Bonchev–Trinajstić information content (AvgIpc) is 2.37. The van der Waals surface area contributed by atoms with E-state index in [0.29, 0.717) is 18.1 Å². The lowest BCUT2D eigenvalue weighted by atomic mass is 10.3. The van der Waals surface area contributed by atoms with Gasteiger partial charge in [-0.2, -0.15) is 0 Å². The molecular formula is C11H18Cl2N4O2. The molecule has 0 spiro atoms. The molecule has 0 unspecified atom stereocenters. The van der Waals surface area contributed by atoms with Crippen LogP contribution < -0.4 is 11.1 Å². The number of carbonyl (C=O) groups is 1. The van der Waals surface area contributed by atoms with Crippen LogP contribution in [0.4, 0.5) is 5.82 Å². The second-order valence-corrected chi connectivity index (χ2v) is 3.46. The predicted molar refractivity (Wildman–Crippen MR) is 79.7 cm³/mol. The van der Waals surface area contributed by atoms with Crippen LogP contribution in [-0.2, 0) is 9.53 Å². The van der Waals surface area contributed by atoms with Gasteiger partial charge in [-0.05, 0) is 13.0 Å². The standard InChI is InChI=1S/C11H16N4O2.2ClH/c1-8(5-12)15-10-7-13-9(6-14-10)3-4-11(16)17-2;;/h3-4,6-8H,5,12H2,1-2H3,(H,14,15);2*1H/b4-3+;;/t8-;;/m1../s1. The molecule has 19 heavy (non-hydrogen) atoms. The van der Waals surface area contributed by atoms with E-state index < -0.39 is 5.97 Å². The molecular weight excluding hydrogens is 291 g/mol. The summed E-state index contributed by atoms with van der Waals surface area (Å²) in [6, 6.07) is 0.140. The summed E-state index contributed by atoms with van der Waals surface area (Å²) in [5.41, 5.74) is 6.06. The summed E-state index contributed by atoms with van der Waals surface area (Å²) < 4.78 is 4.46. The quantitative estimate of drug-likeness (QED) is 0.629. The number of ether oxygens (including phenoxy) is 1. The highest BCUT2D eigenvalue weighted by Crippen LogP contribution is 2.04. The second-order valence-electron chi connectivity index (χ2n) is 3.46. The Morgan fingerprint density at radius 3 is 2.63 bits per heavy atom. The van der Waals surface area contributed by atoms with Gasteiger partial charge in [0.25, 0.3) is 0 Å². The van der Waals surface area contributed by atoms with Crippen LogP contribution >= 0.6 is 24.8 Å². The van der Waals surface area contributed by atoms with Crippen LogP contribution in [0.15, 0.2) is 18.5 Å². The molecule has 1 atom stereocenters. The first-order valence-electron chi connectivity index (χ1n) is 5.20. The number of anilines is 1. The molecule has 6 nitrogen and oxygen atoms in total. The van der Waals surface area contributed by atoms with Crippen LogP contribution in [0.3, 0.4) is 0 Å². The molecule has 0 saturated carbocycles. The molecule has 1 aromatic rings. The Hall–Kier alpha value is -1.37. The third-order valence-electron chi connectivity index (χ3n) is 2.01. The van der Waals surface area contributed by atoms with Gasteiger partial charge < -0.3 is 15.8 Å². The average molecular weight is 309 g/mol. The molecule has 8 heteroatoms. The molecule has 0 aliphatic carbocycles. The zero-order valence-corrected chi connectivity index (χ0v) is 12.3. The van der Waals surface area contributed by atoms with Gasteiger partial charge in [0.05, 0.1) is 25.2 Å². The highest BCUT2D eigenvalue weighted by atomic mass is 35.5. The van der Waals surface area contributed by atoms with Crippen molar-refractivity contribution in [1.29, 1.82) is 0 Å². The Balaban J connectivity index is 0. The van der Waals surface area contributed by atoms with E-state index in [-0.39, 0.29) is 30.9 Å². The Morgan fingerprint density at radius 2 is 2.16 bits per heavy atom. The third-order valence-corrected chi connectivity index (χ3v) is 2.01. The van der Waals surface area contributed by atoms with Crippen LogP contribution in [-0.4, -0.2) is 35.6 Å². The third kappa shape index (κ3) is 7.61. The fourth-order valence-electron chi connectivity index (χ4n) is 1.03. The van der Waals surface area contributed by atoms with Crippen molar-refractivity contribution in [1.82, 2.24) is 9.97 Å². The predicted octanol–water partition coefficient (Wildman–Crippen LogP) is 1.27. The highest BCUT2D eigenvalue weighted by Gasteiger charge is 2.00. The maximum absolute atomic E-state index is 10.9. The molecule has 1 heterocycles. The fourth-order valence-corrected chi connectivity index (χ4v) is 1.03. The van der Waals surface area contributed by atoms with E-state index >= 15 is 0 Å². The van der Waals surface area contributed by atoms with E-state index in [1.165, 1.54) is 19.3 Å². The van der Waals surface area contributed by atoms with Crippen LogP contribution in [0.2, 0.25) is 0 Å². The smallest absolute Gasteiger partial charge is 0.330 e. The minimum absolute atomic E-state index is 0. The molecule has 0 aromatic carbocycles. The zero-order valence-electron chi connectivity index (χ0n) is 10.7. The minimum Gasteiger partial charge on any atom is -0.466 e. The number of carbonyl (C=O) groups excluding carboxylic acids is 1. The van der Waals surface area contributed by atoms with Crippen molar-refractivity contribution in [3.05, 3.63) is 24.2 Å². The molecule has 0 aliphatic rings. The lowest BCUT2D eigenvalue weighted by molar-refractivity contribution is -0.134. The SMILES string of the molecule is COC(=O)/C=C/c1cnc(N[C@H](C)CN)cn1.Cl.Cl. The van der Waals surface area contributed by atoms with E-state index in [0.717, 1.165) is 0 Å². The molecule has 0 radical (unpaired) electrons. The monoisotopic (exact) mass is 308 g/mol. The largest absolute Gasteiger partial charge is 0.466 e. The van der Waals surface area contributed by atoms with Crippen LogP contribution in [0.1, 0.15) is 12.6 Å². The molecule has 0 amide bonds. The molecule has 0 bridgehead atoms. The topological polar surface area (TPSA) is 90.1 Å². The van der Waals surface area contributed by atoms with Gasteiger partial charge in [0.15, 0.2) is 0 Å². The molecule has 1 aromatic heterocycles. The first-order chi connectivity index (χ1) is 8.15. The fraction of sp³-hybridized carbons (Fsp3) is 0.364. The second kappa shape index (κ2) is 10.5. The number of methoxy groups -OCH3 is 1. The summed E-state index contributed by atoms with van der Waals surface area (Å²) in [6.07, 6.45) is 5.97. The van der Waals surface area contributed by atoms with Crippen LogP contribution in [0.25, 0.3) is 6.08 Å². The minimum atomic E-state index is -0.425. The number of aromatic nitrogens is 2. The van der Waals surface area contributed by atoms with Crippen molar-refractivity contribution in [3.63, 3.8) is 0 Å². The van der Waals surface area contributed by atoms with E-state index in [1.807, 2.05) is 6.92 Å². The number of hydrogen-bond acceptors (Lipinski definition) is 6. The molecule has 0 fully saturated rings. The van der Waals surface area contributed by atoms with Crippen molar-refractivity contribution >= 4 is 42.7 Å². The summed E-state index contributed by atoms with van der Waals surface area (Å²) in [5, 5.41) is 3.08. The summed E-state index contributed by atoms with van der Waals surface area (Å²) in [6.45, 7) is 2.47. The maximum atomic E-state index is 10.9. The Morgan fingerprint density at radius 1 is 1.47 bits per heavy atom. The van der Waals surface area contributed by atoms with E-state index in [2.05, 4.69) is 20.0 Å². The van der Waals surface area contributed by atoms with Gasteiger partial charge in [-0.15, -0.1) is 24.8 Å². The maximum Gasteiger partial charge on any atom is 0.330 e. The van der Waals surface area contributed by atoms with Gasteiger partial charge in [-0.25, -0.2) is 9.78 Å². The molecule has 0 aliphatic heterocycles. The van der Waals surface area contributed by atoms with Crippen molar-refractivity contribution in [2.75, 3.05) is 19.0 Å². The molecule has 3 N–H and O–H groups in total. The normalized spacial score (nSPS) is 11.1. The summed E-state index contributed by atoms with van der Waals surface area (Å²) in [7, 11) is 1.32. The highest BCUT2D eigenvalue weighted by molar-refractivity contribution is 5.86. The number of esters is 1. The van der Waals surface area contributed by atoms with Gasteiger partial charge in [0, 0.05) is 18.7 Å². The van der Waals surface area contributed by atoms with Crippen molar-refractivity contribution in [3.8, 4) is 0 Å². The summed E-state index contributed by atoms with van der Waals surface area (Å²) >= 11 is 0. The van der Waals surface area contributed by atoms with E-state index in [4.69, 9.17) is 5.73 Å². The Kier molecular flexibility index (Phi) is 11.1. The lowest BCUT2D eigenvalue weighted by Gasteiger charge is -2.10. The Bertz CT molecular complexity index is 398. The number of hydrogen-bond donors (Lipinski definition) is 2. The van der Waals surface area contributed by atoms with Gasteiger partial charge in [-0.3, -0.25) is 4.98 Å². The number of rotatable bonds is 5. The van der Waals surface area contributed by atoms with Crippen molar-refractivity contribution in [2.45, 2.75) is 13.0 Å². The number of halogens is 2. The van der Waals surface area contributed by atoms with E-state index in [9.17, 15) is 4.79 Å². The van der Waals surface area contributed by atoms with Crippen LogP contribution in [0, 0.1) is 0 Å². The lowest BCUT2D eigenvalue weighted by Crippen LogP contribution is -2.25. The zero-order chi connectivity index (χ0) is 12.7. The first-order valence-corrected chi connectivity index (χ1v) is 5.20. The summed E-state index contributed by atoms with van der Waals surface area (Å²) in [5.74, 6) is 0.226. The van der Waals surface area contributed by atoms with Crippen molar-refractivity contribution in [2.24, 2.45) is 5.73 Å². The van der Waals surface area contributed by atoms with E-state index in [1.54, 1.807) is 12.4 Å². The molecule has 1 rings (SSSR count). The van der Waals surface area contributed by atoms with Crippen molar-refractivity contribution < 1.29 is 9.53 Å². The molecule has 0 saturated heterocycles. The van der Waals surface area contributed by atoms with Gasteiger partial charge in [0.2, 0.25) is 0 Å². The van der Waals surface area contributed by atoms with Gasteiger partial charge in [0.1, 0.15) is 5.82 Å². The number of nitrogens with two attached hydrogens (primary N) is 1. The van der Waals surface area contributed by atoms with Gasteiger partial charge in [-0.1, -0.05) is 0 Å². The number of nitrogens with one attached hydrogen (secondary N) is 1. The molecule has 108 valence electrons. The van der Waals surface area contributed by atoms with Gasteiger partial charge >= 0.3 is 5.97 Å². The Labute approximate surface area is 124 Å². The summed E-state index contributed by atoms with van der Waals surface area (Å²) in [4.78, 5) is 19.1.